The Kier molecular flexibility index (Phi) is 2.63. The summed E-state index contributed by atoms with van der Waals surface area (Å²) in [6, 6.07) is 16.2. The van der Waals surface area contributed by atoms with E-state index in [-0.39, 0.29) is 0 Å². The summed E-state index contributed by atoms with van der Waals surface area (Å²) in [5, 5.41) is 6.24. The van der Waals surface area contributed by atoms with Gasteiger partial charge in [-0.25, -0.2) is 0 Å². The normalized spacial score (nSPS) is 15.5. The molecule has 0 saturated heterocycles. The van der Waals surface area contributed by atoms with Crippen LogP contribution in [0.1, 0.15) is 18.4 Å². The number of benzene rings is 2. The molecule has 1 heteroatoms. The Hall–Kier alpha value is -1.34. The van der Waals surface area contributed by atoms with Gasteiger partial charge in [-0.1, -0.05) is 42.5 Å². The van der Waals surface area contributed by atoms with Crippen LogP contribution in [0.25, 0.3) is 10.8 Å². The molecule has 2 aromatic rings. The number of nitrogens with one attached hydrogen (secondary N) is 1. The zero-order valence-corrected chi connectivity index (χ0v) is 9.45. The van der Waals surface area contributed by atoms with E-state index in [0.717, 1.165) is 19.0 Å². The van der Waals surface area contributed by atoms with E-state index < -0.39 is 0 Å². The van der Waals surface area contributed by atoms with E-state index >= 15 is 0 Å². The Balaban J connectivity index is 1.71. The van der Waals surface area contributed by atoms with Crippen molar-refractivity contribution in [1.82, 2.24) is 5.32 Å². The lowest BCUT2D eigenvalue weighted by Crippen LogP contribution is -2.19. The minimum Gasteiger partial charge on any atom is -0.314 e. The molecule has 0 bridgehead atoms. The van der Waals surface area contributed by atoms with Crippen LogP contribution in [-0.4, -0.2) is 12.6 Å². The van der Waals surface area contributed by atoms with Gasteiger partial charge in [0, 0.05) is 6.04 Å². The van der Waals surface area contributed by atoms with Gasteiger partial charge >= 0.3 is 0 Å². The fourth-order valence-corrected chi connectivity index (χ4v) is 2.10. The predicted octanol–water partition coefficient (Wildman–Crippen LogP) is 3.13. The molecule has 1 N–H and O–H groups in total. The zero-order chi connectivity index (χ0) is 10.8. The molecule has 1 nitrogen and oxygen atoms in total. The highest BCUT2D eigenvalue weighted by Crippen LogP contribution is 2.19. The molecule has 16 heavy (non-hydrogen) atoms. The second-order valence-electron chi connectivity index (χ2n) is 4.66. The van der Waals surface area contributed by atoms with E-state index in [4.69, 9.17) is 0 Å². The molecule has 1 fully saturated rings. The van der Waals surface area contributed by atoms with Crippen LogP contribution in [-0.2, 0) is 6.42 Å². The SMILES string of the molecule is c1ccc2cc(CCNC3CC3)ccc2c1. The molecule has 1 aliphatic carbocycles. The summed E-state index contributed by atoms with van der Waals surface area (Å²) in [6.45, 7) is 1.11. The molecular weight excluding hydrogens is 194 g/mol. The average molecular weight is 211 g/mol. The molecule has 0 aromatic heterocycles. The van der Waals surface area contributed by atoms with Gasteiger partial charge in [0.25, 0.3) is 0 Å². The van der Waals surface area contributed by atoms with Crippen LogP contribution in [0.2, 0.25) is 0 Å². The molecule has 0 amide bonds. The largest absolute Gasteiger partial charge is 0.314 e. The van der Waals surface area contributed by atoms with E-state index in [9.17, 15) is 0 Å². The van der Waals surface area contributed by atoms with Crippen molar-refractivity contribution in [2.75, 3.05) is 6.54 Å². The van der Waals surface area contributed by atoms with Crippen LogP contribution in [0.15, 0.2) is 42.5 Å². The van der Waals surface area contributed by atoms with Gasteiger partial charge in [-0.05, 0) is 42.1 Å². The van der Waals surface area contributed by atoms with E-state index in [1.165, 1.54) is 29.2 Å². The first kappa shape index (κ1) is 9.86. The van der Waals surface area contributed by atoms with Gasteiger partial charge < -0.3 is 5.32 Å². The van der Waals surface area contributed by atoms with Gasteiger partial charge in [0.2, 0.25) is 0 Å². The fourth-order valence-electron chi connectivity index (χ4n) is 2.10. The average Bonchev–Trinajstić information content (AvgIpc) is 3.13. The lowest BCUT2D eigenvalue weighted by atomic mass is 10.1. The quantitative estimate of drug-likeness (QED) is 0.819. The Morgan fingerprint density at radius 3 is 2.62 bits per heavy atom. The number of hydrogen-bond donors (Lipinski definition) is 1. The van der Waals surface area contributed by atoms with Crippen molar-refractivity contribution in [2.45, 2.75) is 25.3 Å². The monoisotopic (exact) mass is 211 g/mol. The summed E-state index contributed by atoms with van der Waals surface area (Å²) in [5.74, 6) is 0. The maximum absolute atomic E-state index is 3.55. The summed E-state index contributed by atoms with van der Waals surface area (Å²) in [4.78, 5) is 0. The Morgan fingerprint density at radius 1 is 1.00 bits per heavy atom. The lowest BCUT2D eigenvalue weighted by Gasteiger charge is -2.04. The van der Waals surface area contributed by atoms with Crippen molar-refractivity contribution in [2.24, 2.45) is 0 Å². The Morgan fingerprint density at radius 2 is 1.81 bits per heavy atom. The Bertz CT molecular complexity index is 486. The zero-order valence-electron chi connectivity index (χ0n) is 9.45. The van der Waals surface area contributed by atoms with Crippen LogP contribution in [0.4, 0.5) is 0 Å². The molecule has 82 valence electrons. The standard InChI is InChI=1S/C15H17N/c1-2-4-14-11-12(5-6-13(14)3-1)9-10-16-15-7-8-15/h1-6,11,15-16H,7-10H2. The number of fused-ring (bicyclic) bond motifs is 1. The number of hydrogen-bond acceptors (Lipinski definition) is 1. The third kappa shape index (κ3) is 2.25. The summed E-state index contributed by atoms with van der Waals surface area (Å²) in [6.07, 6.45) is 3.89. The Labute approximate surface area is 96.5 Å². The molecule has 0 unspecified atom stereocenters. The van der Waals surface area contributed by atoms with Gasteiger partial charge in [-0.2, -0.15) is 0 Å². The van der Waals surface area contributed by atoms with Crippen LogP contribution in [0, 0.1) is 0 Å². The summed E-state index contributed by atoms with van der Waals surface area (Å²) < 4.78 is 0. The topological polar surface area (TPSA) is 12.0 Å². The first-order valence-electron chi connectivity index (χ1n) is 6.13. The molecule has 0 heterocycles. The highest BCUT2D eigenvalue weighted by Gasteiger charge is 2.19. The molecular formula is C15H17N. The van der Waals surface area contributed by atoms with Crippen LogP contribution in [0.5, 0.6) is 0 Å². The van der Waals surface area contributed by atoms with Gasteiger partial charge in [0.05, 0.1) is 0 Å². The van der Waals surface area contributed by atoms with E-state index in [0.29, 0.717) is 0 Å². The first-order valence-corrected chi connectivity index (χ1v) is 6.13. The second kappa shape index (κ2) is 4.26. The highest BCUT2D eigenvalue weighted by atomic mass is 14.9. The molecule has 0 spiro atoms. The minimum atomic E-state index is 0.820. The fraction of sp³-hybridized carbons (Fsp3) is 0.333. The smallest absolute Gasteiger partial charge is 0.00683 e. The first-order chi connectivity index (χ1) is 7.92. The third-order valence-corrected chi connectivity index (χ3v) is 3.24. The summed E-state index contributed by atoms with van der Waals surface area (Å²) >= 11 is 0. The van der Waals surface area contributed by atoms with Crippen molar-refractivity contribution in [3.63, 3.8) is 0 Å². The molecule has 0 radical (unpaired) electrons. The summed E-state index contributed by atoms with van der Waals surface area (Å²) in [5.41, 5.74) is 1.44. The molecule has 2 aromatic carbocycles. The van der Waals surface area contributed by atoms with Crippen LogP contribution in [0.3, 0.4) is 0 Å². The molecule has 1 saturated carbocycles. The molecule has 0 aliphatic heterocycles. The van der Waals surface area contributed by atoms with Crippen molar-refractivity contribution in [1.29, 1.82) is 0 Å². The predicted molar refractivity (Wildman–Crippen MR) is 68.7 cm³/mol. The van der Waals surface area contributed by atoms with Gasteiger partial charge in [0.15, 0.2) is 0 Å². The summed E-state index contributed by atoms with van der Waals surface area (Å²) in [7, 11) is 0. The molecule has 3 rings (SSSR count). The minimum absolute atomic E-state index is 0.820. The maximum atomic E-state index is 3.55. The van der Waals surface area contributed by atoms with E-state index in [2.05, 4.69) is 47.8 Å². The van der Waals surface area contributed by atoms with E-state index in [1.54, 1.807) is 0 Å². The lowest BCUT2D eigenvalue weighted by molar-refractivity contribution is 0.682. The number of rotatable bonds is 4. The van der Waals surface area contributed by atoms with Crippen molar-refractivity contribution in [3.8, 4) is 0 Å². The molecule has 0 atom stereocenters. The van der Waals surface area contributed by atoms with Gasteiger partial charge in [-0.3, -0.25) is 0 Å². The second-order valence-corrected chi connectivity index (χ2v) is 4.66. The van der Waals surface area contributed by atoms with Crippen molar-refractivity contribution >= 4 is 10.8 Å². The third-order valence-electron chi connectivity index (χ3n) is 3.24. The van der Waals surface area contributed by atoms with Crippen molar-refractivity contribution in [3.05, 3.63) is 48.0 Å². The highest BCUT2D eigenvalue weighted by molar-refractivity contribution is 5.82. The maximum Gasteiger partial charge on any atom is 0.00683 e. The van der Waals surface area contributed by atoms with Crippen LogP contribution < -0.4 is 5.32 Å². The van der Waals surface area contributed by atoms with Gasteiger partial charge in [0.1, 0.15) is 0 Å². The van der Waals surface area contributed by atoms with Gasteiger partial charge in [-0.15, -0.1) is 0 Å². The van der Waals surface area contributed by atoms with Crippen LogP contribution >= 0.6 is 0 Å². The van der Waals surface area contributed by atoms with Crippen molar-refractivity contribution < 1.29 is 0 Å². The van der Waals surface area contributed by atoms with E-state index in [1.807, 2.05) is 0 Å². The molecule has 1 aliphatic rings.